The van der Waals surface area contributed by atoms with Gasteiger partial charge in [0, 0.05) is 5.56 Å². The fourth-order valence-corrected chi connectivity index (χ4v) is 2.42. The van der Waals surface area contributed by atoms with Crippen LogP contribution in [0.15, 0.2) is 47.0 Å². The molecule has 1 heterocycles. The molecule has 0 amide bonds. The highest BCUT2D eigenvalue weighted by Crippen LogP contribution is 2.37. The number of nitrogen functional groups attached to an aromatic ring is 1. The number of nitrogens with two attached hydrogens (primary N) is 1. The summed E-state index contributed by atoms with van der Waals surface area (Å²) >= 11 is 0. The topological polar surface area (TPSA) is 52.0 Å². The van der Waals surface area contributed by atoms with Gasteiger partial charge in [0.05, 0.1) is 5.56 Å². The van der Waals surface area contributed by atoms with E-state index in [9.17, 15) is 4.39 Å². The molecule has 2 aromatic carbocycles. The molecule has 1 aromatic heterocycles. The van der Waals surface area contributed by atoms with E-state index in [1.165, 1.54) is 12.1 Å². The molecule has 0 saturated carbocycles. The number of anilines is 1. The van der Waals surface area contributed by atoms with Crippen LogP contribution >= 0.6 is 0 Å². The lowest BCUT2D eigenvalue weighted by molar-refractivity contribution is 0.439. The number of halogens is 1. The molecule has 3 aromatic rings. The summed E-state index contributed by atoms with van der Waals surface area (Å²) in [7, 11) is 0. The van der Waals surface area contributed by atoms with E-state index in [1.807, 2.05) is 38.1 Å². The fourth-order valence-electron chi connectivity index (χ4n) is 2.42. The Hall–Kier alpha value is -2.62. The van der Waals surface area contributed by atoms with Crippen molar-refractivity contribution in [2.24, 2.45) is 0 Å². The van der Waals surface area contributed by atoms with Crippen LogP contribution in [0.25, 0.3) is 22.4 Å². The van der Waals surface area contributed by atoms with Crippen LogP contribution in [-0.2, 0) is 0 Å². The molecule has 0 saturated heterocycles. The third-order valence-electron chi connectivity index (χ3n) is 3.48. The summed E-state index contributed by atoms with van der Waals surface area (Å²) in [5.74, 6) is -0.0772. The molecular formula is C17H15FN2O. The molecule has 0 fully saturated rings. The second-order valence-corrected chi connectivity index (χ2v) is 5.10. The van der Waals surface area contributed by atoms with E-state index >= 15 is 0 Å². The molecule has 0 unspecified atom stereocenters. The molecule has 106 valence electrons. The van der Waals surface area contributed by atoms with E-state index in [4.69, 9.17) is 10.3 Å². The molecule has 4 heteroatoms. The van der Waals surface area contributed by atoms with Crippen LogP contribution in [0.2, 0.25) is 0 Å². The molecule has 0 aliphatic carbocycles. The summed E-state index contributed by atoms with van der Waals surface area (Å²) in [6.07, 6.45) is 0. The summed E-state index contributed by atoms with van der Waals surface area (Å²) in [6.45, 7) is 3.90. The second-order valence-electron chi connectivity index (χ2n) is 5.10. The Balaban J connectivity index is 2.24. The molecule has 0 radical (unpaired) electrons. The Labute approximate surface area is 122 Å². The van der Waals surface area contributed by atoms with Gasteiger partial charge in [-0.2, -0.15) is 0 Å². The summed E-state index contributed by atoms with van der Waals surface area (Å²) in [5, 5.41) is 4.03. The predicted octanol–water partition coefficient (Wildman–Crippen LogP) is 4.35. The first kappa shape index (κ1) is 13.4. The Morgan fingerprint density at radius 3 is 2.67 bits per heavy atom. The van der Waals surface area contributed by atoms with Crippen LogP contribution in [0.5, 0.6) is 0 Å². The number of benzene rings is 2. The van der Waals surface area contributed by atoms with Crippen molar-refractivity contribution >= 4 is 5.88 Å². The molecule has 0 atom stereocenters. The lowest BCUT2D eigenvalue weighted by atomic mass is 9.97. The van der Waals surface area contributed by atoms with Crippen molar-refractivity contribution in [1.82, 2.24) is 5.16 Å². The molecule has 0 aliphatic rings. The molecule has 21 heavy (non-hydrogen) atoms. The highest BCUT2D eigenvalue weighted by Gasteiger charge is 2.19. The van der Waals surface area contributed by atoms with Crippen LogP contribution in [0.3, 0.4) is 0 Å². The Morgan fingerprint density at radius 1 is 1.10 bits per heavy atom. The first-order valence-electron chi connectivity index (χ1n) is 6.65. The minimum absolute atomic E-state index is 0.235. The second kappa shape index (κ2) is 5.05. The number of nitrogens with zero attached hydrogens (tertiary/aromatic N) is 1. The molecule has 3 rings (SSSR count). The Kier molecular flexibility index (Phi) is 3.22. The summed E-state index contributed by atoms with van der Waals surface area (Å²) in [6, 6.07) is 12.5. The van der Waals surface area contributed by atoms with Crippen LogP contribution in [-0.4, -0.2) is 5.16 Å². The minimum atomic E-state index is -0.313. The first-order chi connectivity index (χ1) is 10.1. The molecule has 0 bridgehead atoms. The Morgan fingerprint density at radius 2 is 1.90 bits per heavy atom. The van der Waals surface area contributed by atoms with Gasteiger partial charge in [0.25, 0.3) is 0 Å². The van der Waals surface area contributed by atoms with E-state index in [1.54, 1.807) is 6.07 Å². The first-order valence-corrected chi connectivity index (χ1v) is 6.65. The normalized spacial score (nSPS) is 10.8. The molecule has 0 aliphatic heterocycles. The fraction of sp³-hybridized carbons (Fsp3) is 0.118. The number of hydrogen-bond acceptors (Lipinski definition) is 3. The maximum absolute atomic E-state index is 13.5. The zero-order valence-electron chi connectivity index (χ0n) is 11.9. The SMILES string of the molecule is Cc1cccc(-c2c(-c3cc(F)ccc3C)noc2N)c1. The van der Waals surface area contributed by atoms with Crippen molar-refractivity contribution in [3.05, 3.63) is 59.4 Å². The van der Waals surface area contributed by atoms with Gasteiger partial charge in [0.1, 0.15) is 11.5 Å². The van der Waals surface area contributed by atoms with E-state index in [-0.39, 0.29) is 11.7 Å². The number of rotatable bonds is 2. The van der Waals surface area contributed by atoms with Crippen LogP contribution in [0, 0.1) is 19.7 Å². The lowest BCUT2D eigenvalue weighted by Gasteiger charge is -2.06. The van der Waals surface area contributed by atoms with Crippen molar-refractivity contribution in [2.45, 2.75) is 13.8 Å². The van der Waals surface area contributed by atoms with Gasteiger partial charge >= 0.3 is 0 Å². The number of aryl methyl sites for hydroxylation is 2. The summed E-state index contributed by atoms with van der Waals surface area (Å²) < 4.78 is 18.7. The van der Waals surface area contributed by atoms with Crippen molar-refractivity contribution in [2.75, 3.05) is 5.73 Å². The van der Waals surface area contributed by atoms with E-state index < -0.39 is 0 Å². The quantitative estimate of drug-likeness (QED) is 0.760. The highest BCUT2D eigenvalue weighted by atomic mass is 19.1. The van der Waals surface area contributed by atoms with Gasteiger partial charge in [-0.15, -0.1) is 0 Å². The van der Waals surface area contributed by atoms with Crippen molar-refractivity contribution in [3.8, 4) is 22.4 Å². The average Bonchev–Trinajstić information content (AvgIpc) is 2.83. The zero-order valence-corrected chi connectivity index (χ0v) is 11.9. The maximum atomic E-state index is 13.5. The van der Waals surface area contributed by atoms with Crippen LogP contribution in [0.4, 0.5) is 10.3 Å². The molecule has 3 nitrogen and oxygen atoms in total. The summed E-state index contributed by atoms with van der Waals surface area (Å²) in [4.78, 5) is 0. The van der Waals surface area contributed by atoms with Crippen LogP contribution < -0.4 is 5.73 Å². The van der Waals surface area contributed by atoms with Crippen LogP contribution in [0.1, 0.15) is 11.1 Å². The third kappa shape index (κ3) is 2.40. The van der Waals surface area contributed by atoms with Gasteiger partial charge in [-0.05, 0) is 37.1 Å². The van der Waals surface area contributed by atoms with Gasteiger partial charge in [-0.3, -0.25) is 0 Å². The van der Waals surface area contributed by atoms with Crippen molar-refractivity contribution in [3.63, 3.8) is 0 Å². The molecule has 2 N–H and O–H groups in total. The Bertz CT molecular complexity index is 808. The number of hydrogen-bond donors (Lipinski definition) is 1. The monoisotopic (exact) mass is 282 g/mol. The smallest absolute Gasteiger partial charge is 0.230 e. The maximum Gasteiger partial charge on any atom is 0.230 e. The van der Waals surface area contributed by atoms with Gasteiger partial charge in [-0.1, -0.05) is 41.1 Å². The van der Waals surface area contributed by atoms with Gasteiger partial charge in [-0.25, -0.2) is 4.39 Å². The van der Waals surface area contributed by atoms with Gasteiger partial charge < -0.3 is 10.3 Å². The van der Waals surface area contributed by atoms with Crippen molar-refractivity contribution < 1.29 is 8.91 Å². The largest absolute Gasteiger partial charge is 0.367 e. The van der Waals surface area contributed by atoms with Crippen molar-refractivity contribution in [1.29, 1.82) is 0 Å². The van der Waals surface area contributed by atoms with E-state index in [2.05, 4.69) is 5.16 Å². The molecule has 0 spiro atoms. The third-order valence-corrected chi connectivity index (χ3v) is 3.48. The zero-order chi connectivity index (χ0) is 15.0. The number of aromatic nitrogens is 1. The predicted molar refractivity (Wildman–Crippen MR) is 81.2 cm³/mol. The average molecular weight is 282 g/mol. The van der Waals surface area contributed by atoms with E-state index in [0.29, 0.717) is 16.8 Å². The molecular weight excluding hydrogens is 267 g/mol. The highest BCUT2D eigenvalue weighted by molar-refractivity contribution is 5.87. The van der Waals surface area contributed by atoms with Gasteiger partial charge in [0.2, 0.25) is 5.88 Å². The van der Waals surface area contributed by atoms with E-state index in [0.717, 1.165) is 16.7 Å². The van der Waals surface area contributed by atoms with Gasteiger partial charge in [0.15, 0.2) is 0 Å². The summed E-state index contributed by atoms with van der Waals surface area (Å²) in [5.41, 5.74) is 10.8. The minimum Gasteiger partial charge on any atom is -0.367 e. The standard InChI is InChI=1S/C17H15FN2O/c1-10-4-3-5-12(8-10)15-16(20-21-17(15)19)14-9-13(18)7-6-11(14)2/h3-9H,19H2,1-2H3. The lowest BCUT2D eigenvalue weighted by Crippen LogP contribution is -1.91.